The van der Waals surface area contributed by atoms with E-state index in [2.05, 4.69) is 19.1 Å². The molecule has 1 amide bonds. The van der Waals surface area contributed by atoms with Crippen LogP contribution in [0.4, 0.5) is 0 Å². The van der Waals surface area contributed by atoms with Crippen molar-refractivity contribution in [1.29, 1.82) is 0 Å². The third-order valence-electron chi connectivity index (χ3n) is 6.69. The van der Waals surface area contributed by atoms with Crippen molar-refractivity contribution >= 4 is 16.9 Å². The Balaban J connectivity index is 1.39. The number of furan rings is 1. The summed E-state index contributed by atoms with van der Waals surface area (Å²) in [6.45, 7) is 4.46. The number of likely N-dealkylation sites (tertiary alicyclic amines) is 1. The molecular formula is C22H30N2O4. The zero-order valence-corrected chi connectivity index (χ0v) is 16.5. The molecule has 2 fully saturated rings. The first-order valence-corrected chi connectivity index (χ1v) is 10.3. The molecule has 0 bridgehead atoms. The van der Waals surface area contributed by atoms with Crippen LogP contribution in [0, 0.1) is 5.41 Å². The molecule has 2 atom stereocenters. The van der Waals surface area contributed by atoms with Gasteiger partial charge in [0.1, 0.15) is 5.58 Å². The minimum atomic E-state index is -0.335. The van der Waals surface area contributed by atoms with E-state index in [1.54, 1.807) is 6.26 Å². The second-order valence-electron chi connectivity index (χ2n) is 8.14. The SMILES string of the molecule is CCc1ccc2occ(CC(=O)N3CCC4(CC3)[C@@H](O)C[C@H]4OCCN)c2c1. The highest BCUT2D eigenvalue weighted by atomic mass is 16.5. The van der Waals surface area contributed by atoms with Crippen LogP contribution in [0.3, 0.4) is 0 Å². The highest BCUT2D eigenvalue weighted by Crippen LogP contribution is 2.51. The average Bonchev–Trinajstić information content (AvgIpc) is 3.12. The highest BCUT2D eigenvalue weighted by molar-refractivity contribution is 5.88. The van der Waals surface area contributed by atoms with Crippen molar-refractivity contribution in [2.75, 3.05) is 26.2 Å². The first kappa shape index (κ1) is 19.4. The number of piperidine rings is 1. The van der Waals surface area contributed by atoms with E-state index in [0.717, 1.165) is 35.8 Å². The number of carbonyl (C=O) groups is 1. The van der Waals surface area contributed by atoms with Gasteiger partial charge in [0, 0.05) is 42.4 Å². The Kier molecular flexibility index (Phi) is 5.45. The maximum Gasteiger partial charge on any atom is 0.227 e. The first-order chi connectivity index (χ1) is 13.6. The summed E-state index contributed by atoms with van der Waals surface area (Å²) >= 11 is 0. The largest absolute Gasteiger partial charge is 0.464 e. The first-order valence-electron chi connectivity index (χ1n) is 10.3. The van der Waals surface area contributed by atoms with E-state index < -0.39 is 0 Å². The molecule has 28 heavy (non-hydrogen) atoms. The topological polar surface area (TPSA) is 88.9 Å². The normalized spacial score (nSPS) is 23.9. The number of nitrogens with zero attached hydrogens (tertiary/aromatic N) is 1. The molecule has 0 radical (unpaired) electrons. The van der Waals surface area contributed by atoms with Gasteiger partial charge in [-0.1, -0.05) is 13.0 Å². The fourth-order valence-electron chi connectivity index (χ4n) is 4.76. The lowest BCUT2D eigenvalue weighted by molar-refractivity contribution is -0.210. The summed E-state index contributed by atoms with van der Waals surface area (Å²) < 4.78 is 11.5. The van der Waals surface area contributed by atoms with Crippen LogP contribution in [0.5, 0.6) is 0 Å². The Labute approximate surface area is 165 Å². The van der Waals surface area contributed by atoms with E-state index in [-0.39, 0.29) is 23.5 Å². The predicted octanol–water partition coefficient (Wildman–Crippen LogP) is 2.25. The second kappa shape index (κ2) is 7.85. The summed E-state index contributed by atoms with van der Waals surface area (Å²) in [5.74, 6) is 0.118. The van der Waals surface area contributed by atoms with Crippen LogP contribution in [0.2, 0.25) is 0 Å². The molecule has 6 nitrogen and oxygen atoms in total. The number of ether oxygens (including phenoxy) is 1. The fraction of sp³-hybridized carbons (Fsp3) is 0.591. The number of carbonyl (C=O) groups excluding carboxylic acids is 1. The number of aryl methyl sites for hydroxylation is 1. The third kappa shape index (κ3) is 3.34. The Morgan fingerprint density at radius 3 is 2.86 bits per heavy atom. The van der Waals surface area contributed by atoms with E-state index in [1.165, 1.54) is 5.56 Å². The zero-order chi connectivity index (χ0) is 19.7. The van der Waals surface area contributed by atoms with Crippen molar-refractivity contribution in [3.05, 3.63) is 35.6 Å². The number of benzene rings is 1. The molecule has 3 N–H and O–H groups in total. The van der Waals surface area contributed by atoms with Gasteiger partial charge in [-0.3, -0.25) is 4.79 Å². The maximum atomic E-state index is 12.9. The molecule has 1 aliphatic carbocycles. The molecule has 1 aromatic heterocycles. The Bertz CT molecular complexity index is 838. The van der Waals surface area contributed by atoms with Gasteiger partial charge >= 0.3 is 0 Å². The van der Waals surface area contributed by atoms with E-state index in [4.69, 9.17) is 14.9 Å². The van der Waals surface area contributed by atoms with E-state index in [0.29, 0.717) is 39.1 Å². The summed E-state index contributed by atoms with van der Waals surface area (Å²) in [5, 5.41) is 11.4. The smallest absolute Gasteiger partial charge is 0.227 e. The average molecular weight is 386 g/mol. The van der Waals surface area contributed by atoms with Crippen LogP contribution >= 0.6 is 0 Å². The summed E-state index contributed by atoms with van der Waals surface area (Å²) in [6.07, 6.45) is 4.98. The van der Waals surface area contributed by atoms with Gasteiger partial charge in [0.05, 0.1) is 31.5 Å². The van der Waals surface area contributed by atoms with Gasteiger partial charge in [-0.15, -0.1) is 0 Å². The number of aliphatic hydroxyl groups is 1. The van der Waals surface area contributed by atoms with Crippen LogP contribution in [0.15, 0.2) is 28.9 Å². The number of fused-ring (bicyclic) bond motifs is 1. The van der Waals surface area contributed by atoms with Gasteiger partial charge in [0.25, 0.3) is 0 Å². The van der Waals surface area contributed by atoms with Gasteiger partial charge in [0.15, 0.2) is 0 Å². The number of amides is 1. The Morgan fingerprint density at radius 2 is 2.18 bits per heavy atom. The van der Waals surface area contributed by atoms with Crippen molar-refractivity contribution in [3.8, 4) is 0 Å². The summed E-state index contributed by atoms with van der Waals surface area (Å²) in [4.78, 5) is 14.8. The van der Waals surface area contributed by atoms with Crippen molar-refractivity contribution < 1.29 is 19.1 Å². The molecule has 1 saturated heterocycles. The molecule has 1 aliphatic heterocycles. The highest BCUT2D eigenvalue weighted by Gasteiger charge is 2.56. The van der Waals surface area contributed by atoms with Gasteiger partial charge < -0.3 is 24.9 Å². The molecule has 2 heterocycles. The van der Waals surface area contributed by atoms with Crippen molar-refractivity contribution in [2.24, 2.45) is 11.1 Å². The molecule has 152 valence electrons. The lowest BCUT2D eigenvalue weighted by Gasteiger charge is -2.56. The number of hydrogen-bond donors (Lipinski definition) is 2. The monoisotopic (exact) mass is 386 g/mol. The van der Waals surface area contributed by atoms with E-state index >= 15 is 0 Å². The molecule has 4 rings (SSSR count). The van der Waals surface area contributed by atoms with Gasteiger partial charge in [0.2, 0.25) is 5.91 Å². The molecule has 1 saturated carbocycles. The zero-order valence-electron chi connectivity index (χ0n) is 16.5. The molecule has 2 aromatic rings. The molecule has 6 heteroatoms. The van der Waals surface area contributed by atoms with Crippen LogP contribution in [-0.2, 0) is 22.4 Å². The van der Waals surface area contributed by atoms with Crippen LogP contribution in [0.1, 0.15) is 37.3 Å². The lowest BCUT2D eigenvalue weighted by atomic mass is 9.58. The number of aliphatic hydroxyl groups excluding tert-OH is 1. The standard InChI is InChI=1S/C22H30N2O4/c1-2-15-3-4-18-17(11-15)16(14-28-18)12-21(26)24-8-5-22(6-9-24)19(25)13-20(22)27-10-7-23/h3-4,11,14,19-20,25H,2,5-10,12-13,23H2,1H3/t19-,20+/m0/s1. The molecular weight excluding hydrogens is 356 g/mol. The van der Waals surface area contributed by atoms with Crippen molar-refractivity contribution in [3.63, 3.8) is 0 Å². The number of rotatable bonds is 6. The Morgan fingerprint density at radius 1 is 1.39 bits per heavy atom. The fourth-order valence-corrected chi connectivity index (χ4v) is 4.76. The number of hydrogen-bond acceptors (Lipinski definition) is 5. The van der Waals surface area contributed by atoms with Gasteiger partial charge in [-0.25, -0.2) is 0 Å². The second-order valence-corrected chi connectivity index (χ2v) is 8.14. The predicted molar refractivity (Wildman–Crippen MR) is 107 cm³/mol. The van der Waals surface area contributed by atoms with Gasteiger partial charge in [-0.05, 0) is 37.0 Å². The molecule has 1 aromatic carbocycles. The summed E-state index contributed by atoms with van der Waals surface area (Å²) in [6, 6.07) is 6.16. The third-order valence-corrected chi connectivity index (χ3v) is 6.69. The minimum absolute atomic E-state index is 0.0635. The quantitative estimate of drug-likeness (QED) is 0.795. The van der Waals surface area contributed by atoms with Crippen LogP contribution < -0.4 is 5.73 Å². The van der Waals surface area contributed by atoms with Crippen LogP contribution in [0.25, 0.3) is 11.0 Å². The number of nitrogens with two attached hydrogens (primary N) is 1. The van der Waals surface area contributed by atoms with Crippen molar-refractivity contribution in [1.82, 2.24) is 4.90 Å². The maximum absolute atomic E-state index is 12.9. The molecule has 1 spiro atoms. The van der Waals surface area contributed by atoms with Crippen LogP contribution in [-0.4, -0.2) is 54.4 Å². The minimum Gasteiger partial charge on any atom is -0.464 e. The lowest BCUT2D eigenvalue weighted by Crippen LogP contribution is -2.63. The van der Waals surface area contributed by atoms with Crippen molar-refractivity contribution in [2.45, 2.75) is 51.2 Å². The molecule has 2 aliphatic rings. The summed E-state index contributed by atoms with van der Waals surface area (Å²) in [5.41, 5.74) is 8.36. The Hall–Kier alpha value is -1.89. The molecule has 0 unspecified atom stereocenters. The van der Waals surface area contributed by atoms with E-state index in [1.807, 2.05) is 11.0 Å². The van der Waals surface area contributed by atoms with E-state index in [9.17, 15) is 9.90 Å². The van der Waals surface area contributed by atoms with Gasteiger partial charge in [-0.2, -0.15) is 0 Å². The summed E-state index contributed by atoms with van der Waals surface area (Å²) in [7, 11) is 0.